The Kier molecular flexibility index (Phi) is 11.5. The lowest BCUT2D eigenvalue weighted by atomic mass is 9.66. The number of rotatable bonds is 9. The average molecular weight is 347 g/mol. The fraction of sp³-hybridized carbons (Fsp3) is 0.947. The number of unbranched alkanes of at least 4 members (excludes halogenated alkanes) is 2. The van der Waals surface area contributed by atoms with Crippen LogP contribution in [-0.4, -0.2) is 46.7 Å². The Morgan fingerprint density at radius 2 is 1.50 bits per heavy atom. The Bertz CT molecular complexity index is 323. The van der Waals surface area contributed by atoms with Gasteiger partial charge < -0.3 is 20.1 Å². The molecule has 1 saturated heterocycles. The second-order valence-electron chi connectivity index (χ2n) is 7.43. The van der Waals surface area contributed by atoms with Gasteiger partial charge in [0.05, 0.1) is 30.8 Å². The van der Waals surface area contributed by atoms with Crippen LogP contribution in [0.1, 0.15) is 73.1 Å². The Morgan fingerprint density at radius 3 is 1.75 bits per heavy atom. The summed E-state index contributed by atoms with van der Waals surface area (Å²) in [4.78, 5) is 11.5. The molecule has 0 saturated carbocycles. The fourth-order valence-corrected chi connectivity index (χ4v) is 3.56. The van der Waals surface area contributed by atoms with Crippen molar-refractivity contribution in [3.8, 4) is 0 Å². The minimum Gasteiger partial charge on any atom is -0.481 e. The molecule has 2 unspecified atom stereocenters. The summed E-state index contributed by atoms with van der Waals surface area (Å²) in [6.45, 7) is 10.4. The van der Waals surface area contributed by atoms with Gasteiger partial charge in [-0.25, -0.2) is 0 Å². The fourth-order valence-electron chi connectivity index (χ4n) is 3.56. The molecular weight excluding hydrogens is 308 g/mol. The second kappa shape index (κ2) is 11.8. The van der Waals surface area contributed by atoms with Gasteiger partial charge in [-0.15, -0.1) is 0 Å². The van der Waals surface area contributed by atoms with Crippen molar-refractivity contribution in [3.05, 3.63) is 0 Å². The van der Waals surface area contributed by atoms with Gasteiger partial charge >= 0.3 is 5.97 Å². The maximum absolute atomic E-state index is 11.5. The highest BCUT2D eigenvalue weighted by Gasteiger charge is 2.43. The number of aliphatic hydroxyl groups excluding tert-OH is 2. The van der Waals surface area contributed by atoms with Gasteiger partial charge in [0, 0.05) is 0 Å². The molecule has 0 aromatic rings. The summed E-state index contributed by atoms with van der Waals surface area (Å²) in [5.74, 6) is -0.220. The first-order valence-corrected chi connectivity index (χ1v) is 9.36. The highest BCUT2D eigenvalue weighted by molar-refractivity contribution is 5.75. The summed E-state index contributed by atoms with van der Waals surface area (Å²) in [6.07, 6.45) is 5.82. The smallest absolute Gasteiger partial charge is 0.310 e. The quantitative estimate of drug-likeness (QED) is 0.557. The number of aliphatic hydroxyl groups is 2. The van der Waals surface area contributed by atoms with E-state index in [1.165, 1.54) is 0 Å². The Balaban J connectivity index is 0.000000496. The molecule has 1 fully saturated rings. The van der Waals surface area contributed by atoms with Crippen molar-refractivity contribution < 1.29 is 24.9 Å². The van der Waals surface area contributed by atoms with Crippen LogP contribution in [0.25, 0.3) is 0 Å². The van der Waals surface area contributed by atoms with E-state index in [-0.39, 0.29) is 37.3 Å². The molecule has 24 heavy (non-hydrogen) atoms. The third-order valence-corrected chi connectivity index (χ3v) is 5.26. The van der Waals surface area contributed by atoms with Crippen LogP contribution in [0.5, 0.6) is 0 Å². The Hall–Kier alpha value is -0.650. The first-order valence-electron chi connectivity index (χ1n) is 9.36. The zero-order chi connectivity index (χ0) is 18.8. The summed E-state index contributed by atoms with van der Waals surface area (Å²) >= 11 is 0. The molecule has 1 heterocycles. The van der Waals surface area contributed by atoms with Crippen LogP contribution in [0, 0.1) is 17.3 Å². The Labute approximate surface area is 147 Å². The van der Waals surface area contributed by atoms with Crippen molar-refractivity contribution in [2.75, 3.05) is 13.2 Å². The average Bonchev–Trinajstić information content (AvgIpc) is 2.99. The number of hydrogen-bond donors (Lipinski definition) is 3. The van der Waals surface area contributed by atoms with Crippen molar-refractivity contribution in [1.82, 2.24) is 0 Å². The molecule has 0 radical (unpaired) electrons. The zero-order valence-electron chi connectivity index (χ0n) is 16.1. The van der Waals surface area contributed by atoms with Gasteiger partial charge in [-0.3, -0.25) is 4.79 Å². The van der Waals surface area contributed by atoms with Gasteiger partial charge in [0.25, 0.3) is 0 Å². The van der Waals surface area contributed by atoms with Crippen molar-refractivity contribution in [1.29, 1.82) is 0 Å². The molecule has 0 amide bonds. The van der Waals surface area contributed by atoms with E-state index in [2.05, 4.69) is 6.92 Å². The van der Waals surface area contributed by atoms with Crippen molar-refractivity contribution in [3.63, 3.8) is 0 Å². The van der Waals surface area contributed by atoms with Crippen molar-refractivity contribution in [2.24, 2.45) is 17.3 Å². The van der Waals surface area contributed by atoms with Crippen LogP contribution in [0.3, 0.4) is 0 Å². The third kappa shape index (κ3) is 6.69. The number of carbonyl (C=O) groups is 1. The van der Waals surface area contributed by atoms with E-state index < -0.39 is 11.4 Å². The van der Waals surface area contributed by atoms with E-state index in [9.17, 15) is 9.90 Å². The molecule has 0 bridgehead atoms. The highest BCUT2D eigenvalue weighted by atomic mass is 16.5. The number of ether oxygens (including phenoxy) is 1. The lowest BCUT2D eigenvalue weighted by Crippen LogP contribution is -2.41. The number of carboxylic acids is 1. The molecule has 0 aromatic carbocycles. The summed E-state index contributed by atoms with van der Waals surface area (Å²) in [5.41, 5.74) is -0.533. The molecule has 3 N–H and O–H groups in total. The van der Waals surface area contributed by atoms with Gasteiger partial charge in [-0.1, -0.05) is 53.9 Å². The van der Waals surface area contributed by atoms with Crippen LogP contribution < -0.4 is 0 Å². The van der Waals surface area contributed by atoms with E-state index in [1.807, 2.05) is 27.7 Å². The van der Waals surface area contributed by atoms with Crippen LogP contribution in [0.15, 0.2) is 0 Å². The maximum atomic E-state index is 11.5. The van der Waals surface area contributed by atoms with Gasteiger partial charge in [0.2, 0.25) is 0 Å². The topological polar surface area (TPSA) is 87.0 Å². The summed E-state index contributed by atoms with van der Waals surface area (Å²) in [7, 11) is 0. The largest absolute Gasteiger partial charge is 0.481 e. The van der Waals surface area contributed by atoms with E-state index >= 15 is 0 Å². The predicted molar refractivity (Wildman–Crippen MR) is 96.0 cm³/mol. The molecule has 0 aromatic heterocycles. The number of hydrogen-bond acceptors (Lipinski definition) is 4. The first kappa shape index (κ1) is 23.4. The van der Waals surface area contributed by atoms with Crippen molar-refractivity contribution >= 4 is 5.97 Å². The maximum Gasteiger partial charge on any atom is 0.310 e. The monoisotopic (exact) mass is 346 g/mol. The minimum absolute atomic E-state index is 0.0258. The van der Waals surface area contributed by atoms with Crippen LogP contribution in [0.2, 0.25) is 0 Å². The van der Waals surface area contributed by atoms with E-state index in [4.69, 9.17) is 14.9 Å². The van der Waals surface area contributed by atoms with Crippen LogP contribution in [-0.2, 0) is 9.53 Å². The predicted octanol–water partition coefficient (Wildman–Crippen LogP) is 3.47. The molecule has 1 rings (SSSR count). The van der Waals surface area contributed by atoms with Crippen LogP contribution >= 0.6 is 0 Å². The van der Waals surface area contributed by atoms with Gasteiger partial charge in [-0.2, -0.15) is 0 Å². The van der Waals surface area contributed by atoms with Gasteiger partial charge in [0.1, 0.15) is 0 Å². The molecule has 5 nitrogen and oxygen atoms in total. The molecule has 5 heteroatoms. The number of aliphatic carboxylic acids is 1. The molecule has 0 aliphatic carbocycles. The van der Waals surface area contributed by atoms with Gasteiger partial charge in [-0.05, 0) is 31.1 Å². The first-order chi connectivity index (χ1) is 11.3. The highest BCUT2D eigenvalue weighted by Crippen LogP contribution is 2.41. The molecule has 1 aliphatic rings. The molecule has 144 valence electrons. The molecule has 1 aliphatic heterocycles. The summed E-state index contributed by atoms with van der Waals surface area (Å²) < 4.78 is 5.16. The van der Waals surface area contributed by atoms with E-state index in [1.54, 1.807) is 0 Å². The molecule has 0 spiro atoms. The minimum atomic E-state index is -0.622. The zero-order valence-corrected chi connectivity index (χ0v) is 16.1. The third-order valence-electron chi connectivity index (χ3n) is 5.26. The summed E-state index contributed by atoms with van der Waals surface area (Å²) in [6, 6.07) is 0. The lowest BCUT2D eigenvalue weighted by Gasteiger charge is -2.37. The number of carboxylic acid groups (broad SMARTS) is 1. The van der Waals surface area contributed by atoms with Crippen LogP contribution in [0.4, 0.5) is 0 Å². The Morgan fingerprint density at radius 1 is 1.04 bits per heavy atom. The van der Waals surface area contributed by atoms with Gasteiger partial charge in [0.15, 0.2) is 0 Å². The summed E-state index contributed by atoms with van der Waals surface area (Å²) in [5, 5.41) is 26.6. The second-order valence-corrected chi connectivity index (χ2v) is 7.43. The normalized spacial score (nSPS) is 21.0. The molecular formula is C19H38O5. The standard InChI is InChI=1S/C13H26O2.C6H12O3/c1-6-7-8-9-13(10(2)3,11(4)5)12(14)15;7-3-5-1-2-6(4-8)9-5/h10-11H,6-9H2,1-5H3,(H,14,15);5-8H,1-4H2. The van der Waals surface area contributed by atoms with E-state index in [0.29, 0.717) is 0 Å². The molecule has 2 atom stereocenters. The van der Waals surface area contributed by atoms with Crippen molar-refractivity contribution in [2.45, 2.75) is 85.4 Å². The SMILES string of the molecule is CCCCCC(C(=O)O)(C(C)C)C(C)C.OCC1CCC(CO)O1. The lowest BCUT2D eigenvalue weighted by molar-refractivity contribution is -0.156. The van der Waals surface area contributed by atoms with E-state index in [0.717, 1.165) is 38.5 Å².